The molecule has 0 aliphatic carbocycles. The van der Waals surface area contributed by atoms with E-state index < -0.39 is 4.92 Å². The number of hydrogen-bond donors (Lipinski definition) is 0. The third-order valence-corrected chi connectivity index (χ3v) is 4.91. The molecule has 0 fully saturated rings. The van der Waals surface area contributed by atoms with Crippen molar-refractivity contribution in [1.29, 1.82) is 0 Å². The van der Waals surface area contributed by atoms with E-state index in [1.54, 1.807) is 18.5 Å². The molecule has 19 heavy (non-hydrogen) atoms. The Balaban J connectivity index is 2.41. The second-order valence-corrected chi connectivity index (χ2v) is 6.08. The first-order valence-corrected chi connectivity index (χ1v) is 6.86. The molecule has 0 aliphatic rings. The third-order valence-electron chi connectivity index (χ3n) is 2.46. The van der Waals surface area contributed by atoms with Crippen molar-refractivity contribution in [1.82, 2.24) is 14.8 Å². The molecule has 0 aliphatic heterocycles. The number of aryl methyl sites for hydroxylation is 1. The fraction of sp³-hybridized carbons (Fsp3) is 0.300. The number of carbonyl (C=O) groups is 1. The summed E-state index contributed by atoms with van der Waals surface area (Å²) in [4.78, 5) is 22.2. The van der Waals surface area contributed by atoms with Gasteiger partial charge in [0.15, 0.2) is 10.9 Å². The number of thiophene rings is 1. The Morgan fingerprint density at radius 1 is 1.53 bits per heavy atom. The maximum Gasteiger partial charge on any atom is 0.294 e. The summed E-state index contributed by atoms with van der Waals surface area (Å²) >= 11 is 2.24. The standard InChI is InChI=1S/C10H10N4O3S2/c1-5(15)8-4-7(14(16)17)9(18-8)19-10-12-11-6(2)13(10)3/h4H,1-3H3. The van der Waals surface area contributed by atoms with Crippen molar-refractivity contribution in [2.45, 2.75) is 23.2 Å². The Kier molecular flexibility index (Phi) is 3.67. The van der Waals surface area contributed by atoms with Crippen LogP contribution >= 0.6 is 23.1 Å². The number of Topliss-reactive ketones (excluding diaryl/α,β-unsaturated/α-hetero) is 1. The number of nitro groups is 1. The van der Waals surface area contributed by atoms with Crippen LogP contribution in [0.3, 0.4) is 0 Å². The molecule has 0 unspecified atom stereocenters. The van der Waals surface area contributed by atoms with Crippen LogP contribution in [-0.4, -0.2) is 25.5 Å². The smallest absolute Gasteiger partial charge is 0.294 e. The van der Waals surface area contributed by atoms with Gasteiger partial charge in [0.1, 0.15) is 10.0 Å². The molecule has 2 aromatic heterocycles. The molecule has 2 heterocycles. The molecule has 0 atom stereocenters. The van der Waals surface area contributed by atoms with Gasteiger partial charge in [0.2, 0.25) is 0 Å². The molecule has 9 heteroatoms. The molecule has 2 aromatic rings. The molecule has 0 N–H and O–H groups in total. The van der Waals surface area contributed by atoms with Crippen LogP contribution < -0.4 is 0 Å². The first-order chi connectivity index (χ1) is 8.90. The average molecular weight is 298 g/mol. The Hall–Kier alpha value is -1.74. The fourth-order valence-corrected chi connectivity index (χ4v) is 3.46. The number of rotatable bonds is 4. The van der Waals surface area contributed by atoms with E-state index in [2.05, 4.69) is 10.2 Å². The Bertz CT molecular complexity index is 662. The summed E-state index contributed by atoms with van der Waals surface area (Å²) in [6.45, 7) is 3.18. The van der Waals surface area contributed by atoms with Crippen LogP contribution in [-0.2, 0) is 7.05 Å². The lowest BCUT2D eigenvalue weighted by Gasteiger charge is -1.98. The van der Waals surface area contributed by atoms with Crippen molar-refractivity contribution < 1.29 is 9.72 Å². The van der Waals surface area contributed by atoms with Gasteiger partial charge < -0.3 is 4.57 Å². The average Bonchev–Trinajstić information content (AvgIpc) is 2.88. The van der Waals surface area contributed by atoms with Gasteiger partial charge in [-0.25, -0.2) is 0 Å². The molecule has 100 valence electrons. The van der Waals surface area contributed by atoms with E-state index in [-0.39, 0.29) is 11.5 Å². The van der Waals surface area contributed by atoms with E-state index >= 15 is 0 Å². The molecule has 0 saturated carbocycles. The van der Waals surface area contributed by atoms with Gasteiger partial charge in [-0.3, -0.25) is 14.9 Å². The van der Waals surface area contributed by atoms with E-state index in [1.165, 1.54) is 13.0 Å². The summed E-state index contributed by atoms with van der Waals surface area (Å²) in [5.74, 6) is 0.530. The molecule has 0 saturated heterocycles. The van der Waals surface area contributed by atoms with E-state index in [0.717, 1.165) is 23.1 Å². The topological polar surface area (TPSA) is 90.9 Å². The monoisotopic (exact) mass is 298 g/mol. The van der Waals surface area contributed by atoms with Gasteiger partial charge in [-0.2, -0.15) is 0 Å². The maximum atomic E-state index is 11.3. The van der Waals surface area contributed by atoms with Crippen molar-refractivity contribution in [2.75, 3.05) is 0 Å². The predicted octanol–water partition coefficient (Wildman–Crippen LogP) is 2.45. The number of hydrogen-bond acceptors (Lipinski definition) is 7. The highest BCUT2D eigenvalue weighted by molar-refractivity contribution is 8.01. The number of aromatic nitrogens is 3. The van der Waals surface area contributed by atoms with Crippen molar-refractivity contribution in [3.8, 4) is 0 Å². The van der Waals surface area contributed by atoms with Crippen molar-refractivity contribution >= 4 is 34.6 Å². The van der Waals surface area contributed by atoms with E-state index in [1.807, 2.05) is 0 Å². The summed E-state index contributed by atoms with van der Waals surface area (Å²) in [7, 11) is 1.78. The minimum absolute atomic E-state index is 0.0687. The van der Waals surface area contributed by atoms with Crippen LogP contribution in [0.4, 0.5) is 5.69 Å². The van der Waals surface area contributed by atoms with Gasteiger partial charge in [-0.05, 0) is 25.6 Å². The van der Waals surface area contributed by atoms with Gasteiger partial charge in [-0.15, -0.1) is 21.5 Å². The summed E-state index contributed by atoms with van der Waals surface area (Å²) < 4.78 is 2.17. The Morgan fingerprint density at radius 2 is 2.21 bits per heavy atom. The zero-order valence-corrected chi connectivity index (χ0v) is 12.0. The molecule has 7 nitrogen and oxygen atoms in total. The molecular weight excluding hydrogens is 288 g/mol. The summed E-state index contributed by atoms with van der Waals surface area (Å²) in [5, 5.41) is 19.4. The number of ketones is 1. The first kappa shape index (κ1) is 13.7. The largest absolute Gasteiger partial charge is 0.309 e. The van der Waals surface area contributed by atoms with Crippen LogP contribution in [0.25, 0.3) is 0 Å². The predicted molar refractivity (Wildman–Crippen MR) is 70.8 cm³/mol. The minimum atomic E-state index is -0.492. The second-order valence-electron chi connectivity index (χ2n) is 3.79. The van der Waals surface area contributed by atoms with Crippen molar-refractivity contribution in [3.63, 3.8) is 0 Å². The normalized spacial score (nSPS) is 10.7. The van der Waals surface area contributed by atoms with Crippen LogP contribution in [0.1, 0.15) is 22.4 Å². The summed E-state index contributed by atoms with van der Waals surface area (Å²) in [6.07, 6.45) is 0. The Morgan fingerprint density at radius 3 is 2.68 bits per heavy atom. The molecule has 0 aromatic carbocycles. The zero-order chi connectivity index (χ0) is 14.2. The zero-order valence-electron chi connectivity index (χ0n) is 10.4. The van der Waals surface area contributed by atoms with Gasteiger partial charge in [0.05, 0.1) is 9.80 Å². The molecule has 0 radical (unpaired) electrons. The van der Waals surface area contributed by atoms with Gasteiger partial charge in [-0.1, -0.05) is 0 Å². The SMILES string of the molecule is CC(=O)c1cc([N+](=O)[O-])c(Sc2nnc(C)n2C)s1. The van der Waals surface area contributed by atoms with Crippen LogP contribution in [0.2, 0.25) is 0 Å². The molecular formula is C10H10N4O3S2. The molecule has 0 amide bonds. The van der Waals surface area contributed by atoms with Crippen LogP contribution in [0, 0.1) is 17.0 Å². The highest BCUT2D eigenvalue weighted by Crippen LogP contribution is 2.40. The summed E-state index contributed by atoms with van der Waals surface area (Å²) in [6, 6.07) is 1.30. The van der Waals surface area contributed by atoms with Gasteiger partial charge in [0, 0.05) is 13.1 Å². The second kappa shape index (κ2) is 5.10. The highest BCUT2D eigenvalue weighted by atomic mass is 32.2. The molecule has 0 bridgehead atoms. The lowest BCUT2D eigenvalue weighted by atomic mass is 10.3. The quantitative estimate of drug-likeness (QED) is 0.489. The van der Waals surface area contributed by atoms with E-state index in [4.69, 9.17) is 0 Å². The number of nitrogens with zero attached hydrogens (tertiary/aromatic N) is 4. The lowest BCUT2D eigenvalue weighted by molar-refractivity contribution is -0.387. The van der Waals surface area contributed by atoms with E-state index in [0.29, 0.717) is 20.1 Å². The van der Waals surface area contributed by atoms with Gasteiger partial charge in [0.25, 0.3) is 5.69 Å². The molecule has 0 spiro atoms. The maximum absolute atomic E-state index is 11.3. The van der Waals surface area contributed by atoms with Crippen molar-refractivity contribution in [2.24, 2.45) is 7.05 Å². The Labute approximate surface area is 116 Å². The highest BCUT2D eigenvalue weighted by Gasteiger charge is 2.23. The minimum Gasteiger partial charge on any atom is -0.309 e. The lowest BCUT2D eigenvalue weighted by Crippen LogP contribution is -1.93. The third kappa shape index (κ3) is 2.66. The molecule has 2 rings (SSSR count). The van der Waals surface area contributed by atoms with Crippen molar-refractivity contribution in [3.05, 3.63) is 26.9 Å². The number of carbonyl (C=O) groups excluding carboxylic acids is 1. The fourth-order valence-electron chi connectivity index (χ4n) is 1.30. The van der Waals surface area contributed by atoms with Crippen LogP contribution in [0.15, 0.2) is 15.4 Å². The summed E-state index contributed by atoms with van der Waals surface area (Å²) in [5.41, 5.74) is -0.0687. The van der Waals surface area contributed by atoms with Crippen LogP contribution in [0.5, 0.6) is 0 Å². The van der Waals surface area contributed by atoms with Gasteiger partial charge >= 0.3 is 0 Å². The van der Waals surface area contributed by atoms with E-state index in [9.17, 15) is 14.9 Å². The first-order valence-electron chi connectivity index (χ1n) is 5.23.